The lowest BCUT2D eigenvalue weighted by atomic mass is 9.55. The fourth-order valence-electron chi connectivity index (χ4n) is 6.18. The van der Waals surface area contributed by atoms with E-state index in [1.807, 2.05) is 0 Å². The molecule has 0 aromatic rings. The van der Waals surface area contributed by atoms with Crippen molar-refractivity contribution in [2.24, 2.45) is 23.2 Å². The van der Waals surface area contributed by atoms with Crippen LogP contribution in [0.3, 0.4) is 0 Å². The number of hydrogen-bond donors (Lipinski definition) is 4. The van der Waals surface area contributed by atoms with Gasteiger partial charge in [0.05, 0.1) is 19.3 Å². The van der Waals surface area contributed by atoms with Crippen LogP contribution < -0.4 is 9.80 Å². The van der Waals surface area contributed by atoms with Crippen molar-refractivity contribution in [2.45, 2.75) is 45.3 Å². The van der Waals surface area contributed by atoms with E-state index < -0.39 is 6.10 Å². The van der Waals surface area contributed by atoms with Gasteiger partial charge in [0, 0.05) is 17.8 Å². The lowest BCUT2D eigenvalue weighted by Gasteiger charge is -2.51. The fraction of sp³-hybridized carbons (Fsp3) is 0.857. The third-order valence-electron chi connectivity index (χ3n) is 8.21. The van der Waals surface area contributed by atoms with Gasteiger partial charge >= 0.3 is 5.97 Å². The van der Waals surface area contributed by atoms with Crippen molar-refractivity contribution >= 4 is 5.97 Å². The van der Waals surface area contributed by atoms with E-state index in [4.69, 9.17) is 9.84 Å². The molecule has 3 fully saturated rings. The van der Waals surface area contributed by atoms with Crippen LogP contribution in [0.2, 0.25) is 0 Å². The molecular formula is C21H36N2O4+2. The molecule has 4 rings (SSSR count). The fourth-order valence-corrected chi connectivity index (χ4v) is 6.18. The van der Waals surface area contributed by atoms with E-state index in [1.54, 1.807) is 0 Å². The van der Waals surface area contributed by atoms with E-state index in [0.717, 1.165) is 58.5 Å². The molecule has 6 atom stereocenters. The van der Waals surface area contributed by atoms with Gasteiger partial charge in [0.15, 0.2) is 0 Å². The zero-order valence-electron chi connectivity index (χ0n) is 16.7. The molecule has 1 saturated carbocycles. The summed E-state index contributed by atoms with van der Waals surface area (Å²) in [7, 11) is 0. The summed E-state index contributed by atoms with van der Waals surface area (Å²) in [5, 5.41) is 20.5. The molecule has 27 heavy (non-hydrogen) atoms. The third-order valence-corrected chi connectivity index (χ3v) is 8.21. The van der Waals surface area contributed by atoms with Gasteiger partial charge in [0.25, 0.3) is 0 Å². The van der Waals surface area contributed by atoms with Gasteiger partial charge in [-0.05, 0) is 18.8 Å². The Balaban J connectivity index is 1.48. The summed E-state index contributed by atoms with van der Waals surface area (Å²) >= 11 is 0. The Morgan fingerprint density at radius 1 is 1.26 bits per heavy atom. The molecular weight excluding hydrogens is 344 g/mol. The number of ether oxygens (including phenoxy) is 1. The molecule has 6 nitrogen and oxygen atoms in total. The molecule has 4 aliphatic rings. The minimum Gasteiger partial charge on any atom is -0.461 e. The van der Waals surface area contributed by atoms with Crippen LogP contribution in [0.5, 0.6) is 0 Å². The maximum atomic E-state index is 12.7. The molecule has 0 bridgehead atoms. The number of rotatable bonds is 4. The predicted octanol–water partition coefficient (Wildman–Crippen LogP) is -1.95. The summed E-state index contributed by atoms with van der Waals surface area (Å²) in [6.45, 7) is 10.4. The van der Waals surface area contributed by atoms with E-state index in [0.29, 0.717) is 5.92 Å². The zero-order valence-corrected chi connectivity index (χ0v) is 16.7. The van der Waals surface area contributed by atoms with Gasteiger partial charge < -0.3 is 24.7 Å². The summed E-state index contributed by atoms with van der Waals surface area (Å²) in [6, 6.07) is 0. The van der Waals surface area contributed by atoms with Crippen molar-refractivity contribution in [3.05, 3.63) is 11.6 Å². The molecule has 4 N–H and O–H groups in total. The van der Waals surface area contributed by atoms with Crippen molar-refractivity contribution < 1.29 is 29.5 Å². The first kappa shape index (κ1) is 19.4. The van der Waals surface area contributed by atoms with E-state index in [9.17, 15) is 9.90 Å². The van der Waals surface area contributed by atoms with Crippen LogP contribution in [0.4, 0.5) is 0 Å². The molecule has 0 radical (unpaired) electrons. The van der Waals surface area contributed by atoms with E-state index >= 15 is 0 Å². The van der Waals surface area contributed by atoms with Gasteiger partial charge in [0.1, 0.15) is 44.7 Å². The summed E-state index contributed by atoms with van der Waals surface area (Å²) in [6.07, 6.45) is 4.61. The second-order valence-corrected chi connectivity index (χ2v) is 9.48. The van der Waals surface area contributed by atoms with Gasteiger partial charge in [-0.25, -0.2) is 0 Å². The number of aliphatic hydroxyl groups excluding tert-OH is 2. The van der Waals surface area contributed by atoms with E-state index in [2.05, 4.69) is 19.9 Å². The van der Waals surface area contributed by atoms with Gasteiger partial charge in [-0.1, -0.05) is 25.5 Å². The van der Waals surface area contributed by atoms with Crippen molar-refractivity contribution in [3.63, 3.8) is 0 Å². The largest absolute Gasteiger partial charge is 0.461 e. The predicted molar refractivity (Wildman–Crippen MR) is 100 cm³/mol. The molecule has 2 saturated heterocycles. The first-order valence-electron chi connectivity index (χ1n) is 10.8. The third kappa shape index (κ3) is 3.24. The maximum absolute atomic E-state index is 12.7. The number of piperazine rings is 1. The molecule has 0 unspecified atom stereocenters. The number of nitrogens with one attached hydrogen (secondary N) is 2. The van der Waals surface area contributed by atoms with Gasteiger partial charge in [-0.3, -0.25) is 4.79 Å². The standard InChI is InChI=1S/C21H34N2O4/c1-14-4-3-5-15-12-17-18(19(25)21(14,15)2)16(20(26)27-17)13-23-8-6-22(7-9-23)10-11-24/h5,14,16-19,24-25H,3-4,6-13H2,1-2H3/p+2/t14-,16+,17-,18-,19+,21-/m1/s1. The van der Waals surface area contributed by atoms with Crippen molar-refractivity contribution in [3.8, 4) is 0 Å². The van der Waals surface area contributed by atoms with Crippen LogP contribution in [-0.2, 0) is 9.53 Å². The highest BCUT2D eigenvalue weighted by molar-refractivity contribution is 5.76. The lowest BCUT2D eigenvalue weighted by Crippen LogP contribution is -3.28. The second kappa shape index (κ2) is 7.47. The van der Waals surface area contributed by atoms with Crippen molar-refractivity contribution in [1.29, 1.82) is 0 Å². The number of allylic oxidation sites excluding steroid dienone is 1. The SMILES string of the molecule is C[C@@H]1CCC=C2C[C@H]3OC(=O)[C@@H](C[NH+]4CC[NH+](CCO)CC4)[C@H]3[C@H](O)[C@@]21C. The summed E-state index contributed by atoms with van der Waals surface area (Å²) in [5.41, 5.74) is 1.09. The summed E-state index contributed by atoms with van der Waals surface area (Å²) < 4.78 is 5.79. The highest BCUT2D eigenvalue weighted by Crippen LogP contribution is 2.55. The molecule has 2 aliphatic carbocycles. The first-order valence-corrected chi connectivity index (χ1v) is 10.8. The molecule has 0 aromatic carbocycles. The lowest BCUT2D eigenvalue weighted by molar-refractivity contribution is -1.01. The molecule has 2 aliphatic heterocycles. The van der Waals surface area contributed by atoms with Gasteiger partial charge in [-0.15, -0.1) is 0 Å². The smallest absolute Gasteiger partial charge is 0.315 e. The molecule has 152 valence electrons. The summed E-state index contributed by atoms with van der Waals surface area (Å²) in [5.74, 6) is 0.0716. The van der Waals surface area contributed by atoms with E-state index in [1.165, 1.54) is 15.4 Å². The van der Waals surface area contributed by atoms with Crippen molar-refractivity contribution in [2.75, 3.05) is 45.9 Å². The van der Waals surface area contributed by atoms with Crippen LogP contribution in [0.25, 0.3) is 0 Å². The number of carbonyl (C=O) groups excluding carboxylic acids is 1. The Morgan fingerprint density at radius 2 is 1.96 bits per heavy atom. The number of fused-ring (bicyclic) bond motifs is 2. The molecule has 0 spiro atoms. The Bertz CT molecular complexity index is 601. The number of carbonyl (C=O) groups is 1. The maximum Gasteiger partial charge on any atom is 0.315 e. The van der Waals surface area contributed by atoms with Crippen molar-refractivity contribution in [1.82, 2.24) is 0 Å². The van der Waals surface area contributed by atoms with Crippen LogP contribution >= 0.6 is 0 Å². The Kier molecular flexibility index (Phi) is 5.36. The molecule has 0 aromatic heterocycles. The average Bonchev–Trinajstić information content (AvgIpc) is 2.95. The highest BCUT2D eigenvalue weighted by Gasteiger charge is 2.60. The zero-order chi connectivity index (χ0) is 19.2. The minimum atomic E-state index is -0.505. The quantitative estimate of drug-likeness (QED) is 0.338. The molecule has 0 amide bonds. The Labute approximate surface area is 162 Å². The Morgan fingerprint density at radius 3 is 2.67 bits per heavy atom. The number of esters is 1. The van der Waals surface area contributed by atoms with Gasteiger partial charge in [0.2, 0.25) is 0 Å². The average molecular weight is 381 g/mol. The van der Waals surface area contributed by atoms with Crippen LogP contribution in [0, 0.1) is 23.2 Å². The number of aliphatic hydroxyl groups is 2. The Hall–Kier alpha value is -0.950. The summed E-state index contributed by atoms with van der Waals surface area (Å²) in [4.78, 5) is 15.6. The normalized spacial score (nSPS) is 47.0. The molecule has 2 heterocycles. The number of quaternary nitrogens is 2. The minimum absolute atomic E-state index is 0.0736. The monoisotopic (exact) mass is 380 g/mol. The topological polar surface area (TPSA) is 75.6 Å². The van der Waals surface area contributed by atoms with Crippen LogP contribution in [0.15, 0.2) is 11.6 Å². The van der Waals surface area contributed by atoms with Crippen LogP contribution in [-0.4, -0.2) is 74.3 Å². The molecule has 6 heteroatoms. The first-order chi connectivity index (χ1) is 12.9. The highest BCUT2D eigenvalue weighted by atomic mass is 16.6. The van der Waals surface area contributed by atoms with Gasteiger partial charge in [-0.2, -0.15) is 0 Å². The number of hydrogen-bond acceptors (Lipinski definition) is 4. The second-order valence-electron chi connectivity index (χ2n) is 9.48. The van der Waals surface area contributed by atoms with Crippen LogP contribution in [0.1, 0.15) is 33.1 Å². The van der Waals surface area contributed by atoms with E-state index in [-0.39, 0.29) is 35.9 Å².